The molecule has 11 heteroatoms. The lowest BCUT2D eigenvalue weighted by Crippen LogP contribution is -2.43. The Morgan fingerprint density at radius 2 is 2.00 bits per heavy atom. The number of amides is 2. The Morgan fingerprint density at radius 1 is 1.29 bits per heavy atom. The van der Waals surface area contributed by atoms with Crippen molar-refractivity contribution in [3.63, 3.8) is 0 Å². The highest BCUT2D eigenvalue weighted by molar-refractivity contribution is 5.97. The number of benzene rings is 1. The van der Waals surface area contributed by atoms with E-state index in [0.717, 1.165) is 19.1 Å². The number of halogens is 4. The number of rotatable bonds is 5. The summed E-state index contributed by atoms with van der Waals surface area (Å²) in [7, 11) is 1.24. The molecule has 0 unspecified atom stereocenters. The van der Waals surface area contributed by atoms with E-state index < -0.39 is 47.9 Å². The van der Waals surface area contributed by atoms with E-state index in [0.29, 0.717) is 0 Å². The Morgan fingerprint density at radius 3 is 2.61 bits per heavy atom. The minimum Gasteiger partial charge on any atom is -0.496 e. The maximum absolute atomic E-state index is 13.7. The largest absolute Gasteiger partial charge is 0.496 e. The summed E-state index contributed by atoms with van der Waals surface area (Å²) in [6.07, 6.45) is -5.70. The second-order valence-corrected chi connectivity index (χ2v) is 7.25. The van der Waals surface area contributed by atoms with Gasteiger partial charge in [-0.05, 0) is 31.5 Å². The molecule has 2 aromatic rings. The number of anilines is 1. The molecule has 1 aliphatic heterocycles. The normalized spacial score (nSPS) is 23.4. The molecular weight excluding hydrogens is 422 g/mol. The van der Waals surface area contributed by atoms with Crippen molar-refractivity contribution in [2.75, 3.05) is 12.4 Å². The maximum atomic E-state index is 13.7. The van der Waals surface area contributed by atoms with Crippen LogP contribution in [0, 0.1) is 5.82 Å². The molecule has 1 saturated heterocycles. The fourth-order valence-electron chi connectivity index (χ4n) is 3.48. The van der Waals surface area contributed by atoms with Crippen LogP contribution in [0.5, 0.6) is 5.75 Å². The van der Waals surface area contributed by atoms with Crippen molar-refractivity contribution in [1.29, 1.82) is 0 Å². The highest BCUT2D eigenvalue weighted by Gasteiger charge is 2.61. The van der Waals surface area contributed by atoms with Crippen LogP contribution >= 0.6 is 0 Å². The molecule has 3 atom stereocenters. The topological polar surface area (TPSA) is 104 Å². The first-order valence-corrected chi connectivity index (χ1v) is 9.10. The first-order valence-electron chi connectivity index (χ1n) is 9.10. The number of nitrogens with zero attached hydrogens (tertiary/aromatic N) is 1. The molecule has 1 aromatic carbocycles. The van der Waals surface area contributed by atoms with Gasteiger partial charge in [-0.1, -0.05) is 6.07 Å². The number of carbonyl (C=O) groups excluding carboxylic acids is 2. The smallest absolute Gasteiger partial charge is 0.417 e. The van der Waals surface area contributed by atoms with Crippen LogP contribution in [0.15, 0.2) is 36.5 Å². The number of alkyl halides is 3. The third-order valence-corrected chi connectivity index (χ3v) is 5.09. The Balaban J connectivity index is 1.97. The number of pyridine rings is 1. The molecule has 0 saturated carbocycles. The van der Waals surface area contributed by atoms with E-state index in [4.69, 9.17) is 15.2 Å². The second-order valence-electron chi connectivity index (χ2n) is 7.25. The summed E-state index contributed by atoms with van der Waals surface area (Å²) in [6.45, 7) is 0.848. The lowest BCUT2D eigenvalue weighted by atomic mass is 9.86. The summed E-state index contributed by atoms with van der Waals surface area (Å²) < 4.78 is 65.0. The second kappa shape index (κ2) is 8.14. The first kappa shape index (κ1) is 22.5. The van der Waals surface area contributed by atoms with Crippen molar-refractivity contribution in [2.24, 2.45) is 5.73 Å². The zero-order chi connectivity index (χ0) is 23.0. The molecule has 1 aliphatic rings. The predicted octanol–water partition coefficient (Wildman–Crippen LogP) is 3.16. The molecule has 0 radical (unpaired) electrons. The van der Waals surface area contributed by atoms with Crippen molar-refractivity contribution < 1.29 is 36.6 Å². The summed E-state index contributed by atoms with van der Waals surface area (Å²) in [6, 6.07) is 5.89. The monoisotopic (exact) mass is 441 g/mol. The average molecular weight is 441 g/mol. The van der Waals surface area contributed by atoms with Crippen molar-refractivity contribution in [2.45, 2.75) is 37.1 Å². The lowest BCUT2D eigenvalue weighted by Gasteiger charge is -2.27. The molecular formula is C20H19F4N3O4. The fourth-order valence-corrected chi connectivity index (χ4v) is 3.48. The molecule has 0 spiro atoms. The Kier molecular flexibility index (Phi) is 5.90. The average Bonchev–Trinajstić information content (AvgIpc) is 3.07. The van der Waals surface area contributed by atoms with E-state index in [9.17, 15) is 27.2 Å². The number of methoxy groups -OCH3 is 1. The predicted molar refractivity (Wildman–Crippen MR) is 101 cm³/mol. The zero-order valence-corrected chi connectivity index (χ0v) is 16.5. The number of hydrogen-bond acceptors (Lipinski definition) is 5. The molecule has 3 rings (SSSR count). The van der Waals surface area contributed by atoms with E-state index >= 15 is 0 Å². The van der Waals surface area contributed by atoms with Gasteiger partial charge in [-0.3, -0.25) is 14.6 Å². The number of hydrogen-bond donors (Lipinski definition) is 2. The summed E-state index contributed by atoms with van der Waals surface area (Å²) >= 11 is 0. The van der Waals surface area contributed by atoms with Crippen LogP contribution in [0.25, 0.3) is 0 Å². The van der Waals surface area contributed by atoms with E-state index in [2.05, 4.69) is 10.3 Å². The van der Waals surface area contributed by atoms with Gasteiger partial charge in [0.15, 0.2) is 5.60 Å². The van der Waals surface area contributed by atoms with Crippen LogP contribution in [0.2, 0.25) is 0 Å². The van der Waals surface area contributed by atoms with Crippen LogP contribution in [0.3, 0.4) is 0 Å². The number of carbonyl (C=O) groups is 2. The Bertz CT molecular complexity index is 1010. The lowest BCUT2D eigenvalue weighted by molar-refractivity contribution is -0.261. The van der Waals surface area contributed by atoms with Gasteiger partial charge in [-0.25, -0.2) is 4.39 Å². The molecule has 166 valence electrons. The van der Waals surface area contributed by atoms with Gasteiger partial charge in [0.05, 0.1) is 7.11 Å². The SMILES string of the molecule is COc1cc(F)ccc1[C@@H]1C[C@@](C)(C(F)(F)F)O[C@H]1C(=O)Nc1ccnc(C(N)=O)c1. The summed E-state index contributed by atoms with van der Waals surface area (Å²) in [5, 5.41) is 2.42. The highest BCUT2D eigenvalue weighted by atomic mass is 19.4. The highest BCUT2D eigenvalue weighted by Crippen LogP contribution is 2.51. The van der Waals surface area contributed by atoms with Gasteiger partial charge in [0.25, 0.3) is 11.8 Å². The standard InChI is InChI=1S/C20H19F4N3O4/c1-19(20(22,23)24)9-13(12-4-3-10(21)7-15(12)30-2)16(31-19)18(29)27-11-5-6-26-14(8-11)17(25)28/h3-8,13,16H,9H2,1-2H3,(H2,25,28)(H,26,27,29)/t13-,16+,19-/m0/s1. The van der Waals surface area contributed by atoms with Crippen molar-refractivity contribution in [1.82, 2.24) is 4.98 Å². The molecule has 3 N–H and O–H groups in total. The summed E-state index contributed by atoms with van der Waals surface area (Å²) in [5.74, 6) is -3.45. The van der Waals surface area contributed by atoms with Crippen molar-refractivity contribution >= 4 is 17.5 Å². The molecule has 31 heavy (non-hydrogen) atoms. The third kappa shape index (κ3) is 4.46. The fraction of sp³-hybridized carbons (Fsp3) is 0.350. The number of primary amides is 1. The number of nitrogens with one attached hydrogen (secondary N) is 1. The van der Waals surface area contributed by atoms with Gasteiger partial charge in [-0.15, -0.1) is 0 Å². The molecule has 0 aliphatic carbocycles. The van der Waals surface area contributed by atoms with Crippen LogP contribution < -0.4 is 15.8 Å². The molecule has 1 fully saturated rings. The van der Waals surface area contributed by atoms with Crippen LogP contribution in [0.4, 0.5) is 23.2 Å². The van der Waals surface area contributed by atoms with Crippen molar-refractivity contribution in [3.8, 4) is 5.75 Å². The van der Waals surface area contributed by atoms with E-state index in [-0.39, 0.29) is 22.7 Å². The van der Waals surface area contributed by atoms with Gasteiger partial charge >= 0.3 is 6.18 Å². The molecule has 1 aromatic heterocycles. The van der Waals surface area contributed by atoms with Crippen LogP contribution in [-0.4, -0.2) is 41.8 Å². The molecule has 0 bridgehead atoms. The number of ether oxygens (including phenoxy) is 2. The molecule has 2 amide bonds. The van der Waals surface area contributed by atoms with Gasteiger partial charge in [0.2, 0.25) is 0 Å². The Labute approximate surface area is 174 Å². The number of aromatic nitrogens is 1. The minimum absolute atomic E-state index is 0.00208. The minimum atomic E-state index is -4.76. The van der Waals surface area contributed by atoms with Crippen molar-refractivity contribution in [3.05, 3.63) is 53.6 Å². The van der Waals surface area contributed by atoms with E-state index in [1.165, 1.54) is 31.5 Å². The van der Waals surface area contributed by atoms with Gasteiger partial charge in [0, 0.05) is 29.4 Å². The zero-order valence-electron chi connectivity index (χ0n) is 16.5. The quantitative estimate of drug-likeness (QED) is 0.694. The van der Waals surface area contributed by atoms with Gasteiger partial charge in [0.1, 0.15) is 23.4 Å². The van der Waals surface area contributed by atoms with E-state index in [1.54, 1.807) is 0 Å². The number of nitrogens with two attached hydrogens (primary N) is 1. The molecule has 2 heterocycles. The Hall–Kier alpha value is -3.21. The first-order chi connectivity index (χ1) is 14.4. The van der Waals surface area contributed by atoms with Gasteiger partial charge < -0.3 is 20.5 Å². The van der Waals surface area contributed by atoms with Crippen LogP contribution in [0.1, 0.15) is 35.3 Å². The van der Waals surface area contributed by atoms with Crippen LogP contribution in [-0.2, 0) is 9.53 Å². The molecule has 7 nitrogen and oxygen atoms in total. The summed E-state index contributed by atoms with van der Waals surface area (Å²) in [5.41, 5.74) is 2.70. The van der Waals surface area contributed by atoms with E-state index in [1.807, 2.05) is 0 Å². The third-order valence-electron chi connectivity index (χ3n) is 5.09. The van der Waals surface area contributed by atoms with Gasteiger partial charge in [-0.2, -0.15) is 13.2 Å². The maximum Gasteiger partial charge on any atom is 0.417 e. The summed E-state index contributed by atoms with van der Waals surface area (Å²) in [4.78, 5) is 27.9.